The molecule has 1 saturated carbocycles. The standard InChI is InChI=1S/C23H26F2O3/c1-2-28-19-11-13-23(14-12-19,22(26)27)18-8-5-16(6-9-18)3-4-17-7-10-20(24)21(25)15-17/h5-10,15,19H,2-4,11-14H2,1H3,(H,26,27). The lowest BCUT2D eigenvalue weighted by Crippen LogP contribution is -2.41. The van der Waals surface area contributed by atoms with Crippen molar-refractivity contribution in [3.05, 3.63) is 70.8 Å². The van der Waals surface area contributed by atoms with Gasteiger partial charge >= 0.3 is 5.97 Å². The fraction of sp³-hybridized carbons (Fsp3) is 0.435. The second-order valence-corrected chi connectivity index (χ2v) is 7.49. The first-order valence-electron chi connectivity index (χ1n) is 9.83. The van der Waals surface area contributed by atoms with E-state index in [1.54, 1.807) is 6.07 Å². The van der Waals surface area contributed by atoms with Gasteiger partial charge in [-0.3, -0.25) is 4.79 Å². The molecule has 5 heteroatoms. The number of carboxylic acids is 1. The zero-order chi connectivity index (χ0) is 20.1. The second kappa shape index (κ2) is 8.82. The molecule has 2 aromatic rings. The van der Waals surface area contributed by atoms with Crippen molar-refractivity contribution in [1.82, 2.24) is 0 Å². The smallest absolute Gasteiger partial charge is 0.314 e. The molecule has 3 rings (SSSR count). The minimum atomic E-state index is -0.855. The van der Waals surface area contributed by atoms with Gasteiger partial charge in [0.15, 0.2) is 11.6 Å². The quantitative estimate of drug-likeness (QED) is 0.722. The number of benzene rings is 2. The molecule has 0 saturated heterocycles. The summed E-state index contributed by atoms with van der Waals surface area (Å²) in [5, 5.41) is 9.92. The Balaban J connectivity index is 1.68. The molecule has 1 fully saturated rings. The Kier molecular flexibility index (Phi) is 6.45. The lowest BCUT2D eigenvalue weighted by atomic mass is 9.68. The van der Waals surface area contributed by atoms with Gasteiger partial charge in [0.05, 0.1) is 11.5 Å². The summed E-state index contributed by atoms with van der Waals surface area (Å²) in [6.07, 6.45) is 4.06. The van der Waals surface area contributed by atoms with Gasteiger partial charge in [0.1, 0.15) is 0 Å². The van der Waals surface area contributed by atoms with Crippen molar-refractivity contribution < 1.29 is 23.4 Å². The van der Waals surface area contributed by atoms with Crippen LogP contribution in [-0.2, 0) is 27.8 Å². The zero-order valence-electron chi connectivity index (χ0n) is 16.1. The average molecular weight is 388 g/mol. The first-order valence-corrected chi connectivity index (χ1v) is 9.83. The highest BCUT2D eigenvalue weighted by Crippen LogP contribution is 2.40. The number of rotatable bonds is 7. The van der Waals surface area contributed by atoms with Crippen molar-refractivity contribution in [3.8, 4) is 0 Å². The largest absolute Gasteiger partial charge is 0.481 e. The van der Waals surface area contributed by atoms with Gasteiger partial charge in [-0.25, -0.2) is 8.78 Å². The van der Waals surface area contributed by atoms with E-state index in [4.69, 9.17) is 4.74 Å². The Morgan fingerprint density at radius 1 is 1.04 bits per heavy atom. The molecule has 0 aromatic heterocycles. The molecule has 0 atom stereocenters. The molecular formula is C23H26F2O3. The van der Waals surface area contributed by atoms with Crippen LogP contribution in [0.5, 0.6) is 0 Å². The summed E-state index contributed by atoms with van der Waals surface area (Å²) in [4.78, 5) is 12.1. The fourth-order valence-corrected chi connectivity index (χ4v) is 4.09. The molecule has 0 radical (unpaired) electrons. The summed E-state index contributed by atoms with van der Waals surface area (Å²) in [6, 6.07) is 11.6. The van der Waals surface area contributed by atoms with Crippen molar-refractivity contribution >= 4 is 5.97 Å². The second-order valence-electron chi connectivity index (χ2n) is 7.49. The number of hydrogen-bond donors (Lipinski definition) is 1. The summed E-state index contributed by atoms with van der Waals surface area (Å²) in [5.74, 6) is -2.46. The van der Waals surface area contributed by atoms with Crippen LogP contribution in [0.4, 0.5) is 8.78 Å². The van der Waals surface area contributed by atoms with Crippen LogP contribution in [0, 0.1) is 11.6 Å². The van der Waals surface area contributed by atoms with Crippen molar-refractivity contribution in [3.63, 3.8) is 0 Å². The Morgan fingerprint density at radius 2 is 1.64 bits per heavy atom. The van der Waals surface area contributed by atoms with E-state index in [1.807, 2.05) is 31.2 Å². The van der Waals surface area contributed by atoms with E-state index in [0.29, 0.717) is 32.3 Å². The van der Waals surface area contributed by atoms with Gasteiger partial charge in [-0.05, 0) is 74.3 Å². The average Bonchev–Trinajstić information content (AvgIpc) is 2.70. The van der Waals surface area contributed by atoms with Crippen LogP contribution in [0.25, 0.3) is 0 Å². The molecule has 28 heavy (non-hydrogen) atoms. The van der Waals surface area contributed by atoms with E-state index < -0.39 is 23.0 Å². The Bertz CT molecular complexity index is 809. The highest BCUT2D eigenvalue weighted by molar-refractivity contribution is 5.81. The molecule has 2 aromatic carbocycles. The molecule has 0 heterocycles. The number of carboxylic acid groups (broad SMARTS) is 1. The fourth-order valence-electron chi connectivity index (χ4n) is 4.09. The molecule has 0 unspecified atom stereocenters. The lowest BCUT2D eigenvalue weighted by molar-refractivity contribution is -0.146. The number of aliphatic carboxylic acids is 1. The molecular weight excluding hydrogens is 362 g/mol. The molecule has 0 amide bonds. The summed E-state index contributed by atoms with van der Waals surface area (Å²) in [7, 11) is 0. The number of hydrogen-bond acceptors (Lipinski definition) is 2. The molecule has 0 bridgehead atoms. The molecule has 1 N–H and O–H groups in total. The van der Waals surface area contributed by atoms with Crippen LogP contribution in [-0.4, -0.2) is 23.8 Å². The molecule has 0 spiro atoms. The Hall–Kier alpha value is -2.27. The van der Waals surface area contributed by atoms with Crippen LogP contribution < -0.4 is 0 Å². The van der Waals surface area contributed by atoms with E-state index in [1.165, 1.54) is 6.07 Å². The molecule has 0 aliphatic heterocycles. The predicted octanol–water partition coefficient (Wildman–Crippen LogP) is 5.05. The summed E-state index contributed by atoms with van der Waals surface area (Å²) in [6.45, 7) is 2.61. The van der Waals surface area contributed by atoms with Crippen LogP contribution in [0.1, 0.15) is 49.3 Å². The van der Waals surface area contributed by atoms with E-state index in [9.17, 15) is 18.7 Å². The highest BCUT2D eigenvalue weighted by Gasteiger charge is 2.43. The van der Waals surface area contributed by atoms with Gasteiger partial charge in [-0.2, -0.15) is 0 Å². The molecule has 150 valence electrons. The van der Waals surface area contributed by atoms with E-state index in [2.05, 4.69) is 0 Å². The predicted molar refractivity (Wildman–Crippen MR) is 103 cm³/mol. The summed E-state index contributed by atoms with van der Waals surface area (Å²) < 4.78 is 32.0. The Labute approximate surface area is 164 Å². The third-order valence-corrected chi connectivity index (χ3v) is 5.79. The Morgan fingerprint density at radius 3 is 2.21 bits per heavy atom. The first-order chi connectivity index (χ1) is 13.4. The maximum absolute atomic E-state index is 13.3. The van der Waals surface area contributed by atoms with Crippen LogP contribution in [0.15, 0.2) is 42.5 Å². The van der Waals surface area contributed by atoms with Gasteiger partial charge in [-0.15, -0.1) is 0 Å². The topological polar surface area (TPSA) is 46.5 Å². The van der Waals surface area contributed by atoms with Crippen molar-refractivity contribution in [2.45, 2.75) is 57.0 Å². The summed E-state index contributed by atoms with van der Waals surface area (Å²) >= 11 is 0. The van der Waals surface area contributed by atoms with Crippen LogP contribution in [0.2, 0.25) is 0 Å². The van der Waals surface area contributed by atoms with E-state index in [0.717, 1.165) is 35.6 Å². The van der Waals surface area contributed by atoms with Crippen LogP contribution >= 0.6 is 0 Å². The molecule has 3 nitrogen and oxygen atoms in total. The van der Waals surface area contributed by atoms with E-state index >= 15 is 0 Å². The third kappa shape index (κ3) is 4.41. The number of ether oxygens (including phenoxy) is 1. The van der Waals surface area contributed by atoms with Gasteiger partial charge in [-0.1, -0.05) is 30.3 Å². The maximum Gasteiger partial charge on any atom is 0.314 e. The number of aryl methyl sites for hydroxylation is 2. The third-order valence-electron chi connectivity index (χ3n) is 5.79. The SMILES string of the molecule is CCOC1CCC(C(=O)O)(c2ccc(CCc3ccc(F)c(F)c3)cc2)CC1. The first kappa shape index (κ1) is 20.5. The minimum absolute atomic E-state index is 0.146. The van der Waals surface area contributed by atoms with Gasteiger partial charge in [0.2, 0.25) is 0 Å². The van der Waals surface area contributed by atoms with Gasteiger partial charge in [0, 0.05) is 6.61 Å². The number of halogens is 2. The summed E-state index contributed by atoms with van der Waals surface area (Å²) in [5.41, 5.74) is 1.74. The van der Waals surface area contributed by atoms with Crippen molar-refractivity contribution in [1.29, 1.82) is 0 Å². The van der Waals surface area contributed by atoms with Crippen molar-refractivity contribution in [2.24, 2.45) is 0 Å². The van der Waals surface area contributed by atoms with Crippen LogP contribution in [0.3, 0.4) is 0 Å². The molecule has 1 aliphatic rings. The minimum Gasteiger partial charge on any atom is -0.481 e. The van der Waals surface area contributed by atoms with E-state index in [-0.39, 0.29) is 6.10 Å². The monoisotopic (exact) mass is 388 g/mol. The zero-order valence-corrected chi connectivity index (χ0v) is 16.1. The van der Waals surface area contributed by atoms with Gasteiger partial charge in [0.25, 0.3) is 0 Å². The molecule has 1 aliphatic carbocycles. The normalized spacial score (nSPS) is 22.2. The highest BCUT2D eigenvalue weighted by atomic mass is 19.2. The van der Waals surface area contributed by atoms with Crippen molar-refractivity contribution in [2.75, 3.05) is 6.61 Å². The lowest BCUT2D eigenvalue weighted by Gasteiger charge is -2.37. The van der Waals surface area contributed by atoms with Gasteiger partial charge < -0.3 is 9.84 Å². The number of carbonyl (C=O) groups is 1. The maximum atomic E-state index is 13.3.